The molecule has 1 aliphatic carbocycles. The third-order valence-electron chi connectivity index (χ3n) is 3.69. The number of hydrogen-bond acceptors (Lipinski definition) is 5. The van der Waals surface area contributed by atoms with E-state index in [-0.39, 0.29) is 17.1 Å². The number of nitrogens with one attached hydrogen (secondary N) is 2. The molecule has 1 aliphatic rings. The van der Waals surface area contributed by atoms with E-state index < -0.39 is 10.0 Å². The van der Waals surface area contributed by atoms with Crippen LogP contribution in [0.1, 0.15) is 31.9 Å². The van der Waals surface area contributed by atoms with E-state index in [2.05, 4.69) is 10.0 Å². The fourth-order valence-corrected chi connectivity index (χ4v) is 3.20. The van der Waals surface area contributed by atoms with E-state index in [1.54, 1.807) is 6.07 Å². The lowest BCUT2D eigenvalue weighted by Gasteiger charge is -2.13. The van der Waals surface area contributed by atoms with Crippen molar-refractivity contribution in [1.29, 1.82) is 0 Å². The van der Waals surface area contributed by atoms with Gasteiger partial charge in [-0.3, -0.25) is 0 Å². The Morgan fingerprint density at radius 3 is 2.75 bits per heavy atom. The average molecular weight is 302 g/mol. The Kier molecular flexibility index (Phi) is 4.85. The van der Waals surface area contributed by atoms with Crippen LogP contribution in [0, 0.1) is 5.41 Å². The fourth-order valence-electron chi connectivity index (χ4n) is 2.09. The van der Waals surface area contributed by atoms with Gasteiger partial charge in [0.15, 0.2) is 0 Å². The molecule has 0 radical (unpaired) electrons. The predicted octanol–water partition coefficient (Wildman–Crippen LogP) is 0.830. The first kappa shape index (κ1) is 15.5. The zero-order valence-electron chi connectivity index (χ0n) is 11.7. The summed E-state index contributed by atoms with van der Waals surface area (Å²) in [5.74, 6) is 0.601. The predicted molar refractivity (Wildman–Crippen MR) is 74.6 cm³/mol. The molecule has 7 heteroatoms. The third kappa shape index (κ3) is 3.82. The Hall–Kier alpha value is -0.890. The van der Waals surface area contributed by atoms with E-state index in [0.717, 1.165) is 19.4 Å². The molecule has 0 atom stereocenters. The molecule has 0 amide bonds. The van der Waals surface area contributed by atoms with E-state index in [0.29, 0.717) is 25.3 Å². The van der Waals surface area contributed by atoms with E-state index in [1.165, 1.54) is 6.07 Å². The molecular weight excluding hydrogens is 280 g/mol. The van der Waals surface area contributed by atoms with Crippen molar-refractivity contribution in [3.8, 4) is 0 Å². The SMILES string of the molecule is CCNCc1ccc(S(=O)(=O)NCC2(CCO)CC2)o1. The summed E-state index contributed by atoms with van der Waals surface area (Å²) in [4.78, 5) is 0. The molecule has 1 aromatic rings. The fraction of sp³-hybridized carbons (Fsp3) is 0.692. The summed E-state index contributed by atoms with van der Waals surface area (Å²) in [5.41, 5.74) is -0.0546. The molecule has 3 N–H and O–H groups in total. The van der Waals surface area contributed by atoms with Crippen LogP contribution in [-0.2, 0) is 16.6 Å². The molecular formula is C13H22N2O4S. The van der Waals surface area contributed by atoms with Crippen LogP contribution in [0.3, 0.4) is 0 Å². The van der Waals surface area contributed by atoms with Crippen molar-refractivity contribution in [1.82, 2.24) is 10.0 Å². The van der Waals surface area contributed by atoms with Crippen LogP contribution in [0.4, 0.5) is 0 Å². The number of sulfonamides is 1. The topological polar surface area (TPSA) is 91.6 Å². The molecule has 1 saturated carbocycles. The van der Waals surface area contributed by atoms with Crippen LogP contribution in [0.25, 0.3) is 0 Å². The van der Waals surface area contributed by atoms with Gasteiger partial charge in [-0.1, -0.05) is 6.92 Å². The van der Waals surface area contributed by atoms with Gasteiger partial charge in [-0.2, -0.15) is 0 Å². The minimum atomic E-state index is -3.60. The van der Waals surface area contributed by atoms with Crippen LogP contribution in [0.15, 0.2) is 21.6 Å². The summed E-state index contributed by atoms with van der Waals surface area (Å²) in [6, 6.07) is 3.14. The molecule has 6 nitrogen and oxygen atoms in total. The van der Waals surface area contributed by atoms with Gasteiger partial charge >= 0.3 is 0 Å². The zero-order valence-corrected chi connectivity index (χ0v) is 12.5. The molecule has 2 rings (SSSR count). The molecule has 0 spiro atoms. The average Bonchev–Trinajstić information content (AvgIpc) is 3.01. The normalized spacial score (nSPS) is 17.3. The minimum Gasteiger partial charge on any atom is -0.447 e. The summed E-state index contributed by atoms with van der Waals surface area (Å²) in [7, 11) is -3.60. The molecule has 1 aromatic heterocycles. The summed E-state index contributed by atoms with van der Waals surface area (Å²) in [6.45, 7) is 3.73. The first-order chi connectivity index (χ1) is 9.51. The van der Waals surface area contributed by atoms with Crippen LogP contribution >= 0.6 is 0 Å². The van der Waals surface area contributed by atoms with Gasteiger partial charge in [0.05, 0.1) is 6.54 Å². The van der Waals surface area contributed by atoms with Crippen molar-refractivity contribution in [3.63, 3.8) is 0 Å². The van der Waals surface area contributed by atoms with Crippen molar-refractivity contribution >= 4 is 10.0 Å². The lowest BCUT2D eigenvalue weighted by atomic mass is 10.0. The van der Waals surface area contributed by atoms with Gasteiger partial charge in [-0.25, -0.2) is 13.1 Å². The molecule has 0 aromatic carbocycles. The highest BCUT2D eigenvalue weighted by Gasteiger charge is 2.42. The maximum atomic E-state index is 12.1. The van der Waals surface area contributed by atoms with Crippen molar-refractivity contribution in [2.75, 3.05) is 19.7 Å². The number of rotatable bonds is 9. The van der Waals surface area contributed by atoms with Crippen LogP contribution in [0.2, 0.25) is 0 Å². The van der Waals surface area contributed by atoms with Gasteiger partial charge in [0.25, 0.3) is 10.0 Å². The monoisotopic (exact) mass is 302 g/mol. The Labute approximate surface area is 119 Å². The van der Waals surface area contributed by atoms with Crippen molar-refractivity contribution in [2.24, 2.45) is 5.41 Å². The summed E-state index contributed by atoms with van der Waals surface area (Å²) in [5, 5.41) is 12.0. The van der Waals surface area contributed by atoms with Gasteiger partial charge in [0.2, 0.25) is 5.09 Å². The third-order valence-corrected chi connectivity index (χ3v) is 4.96. The van der Waals surface area contributed by atoms with Gasteiger partial charge in [0, 0.05) is 13.2 Å². The summed E-state index contributed by atoms with van der Waals surface area (Å²) < 4.78 is 32.1. The Morgan fingerprint density at radius 2 is 2.15 bits per heavy atom. The highest BCUT2D eigenvalue weighted by atomic mass is 32.2. The van der Waals surface area contributed by atoms with E-state index >= 15 is 0 Å². The molecule has 20 heavy (non-hydrogen) atoms. The number of hydrogen-bond donors (Lipinski definition) is 3. The van der Waals surface area contributed by atoms with E-state index in [1.807, 2.05) is 6.92 Å². The zero-order chi connectivity index (χ0) is 14.6. The molecule has 114 valence electrons. The van der Waals surface area contributed by atoms with E-state index in [4.69, 9.17) is 9.52 Å². The van der Waals surface area contributed by atoms with Crippen LogP contribution in [-0.4, -0.2) is 33.2 Å². The smallest absolute Gasteiger partial charge is 0.273 e. The van der Waals surface area contributed by atoms with Crippen LogP contribution in [0.5, 0.6) is 0 Å². The van der Waals surface area contributed by atoms with Gasteiger partial charge in [-0.15, -0.1) is 0 Å². The second kappa shape index (κ2) is 6.26. The molecule has 0 aliphatic heterocycles. The number of furan rings is 1. The second-order valence-corrected chi connectivity index (χ2v) is 7.00. The first-order valence-corrected chi connectivity index (χ1v) is 8.40. The molecule has 0 unspecified atom stereocenters. The Bertz CT molecular complexity index is 534. The maximum Gasteiger partial charge on any atom is 0.273 e. The maximum absolute atomic E-state index is 12.1. The molecule has 0 saturated heterocycles. The van der Waals surface area contributed by atoms with Gasteiger partial charge in [-0.05, 0) is 43.4 Å². The molecule has 1 fully saturated rings. The van der Waals surface area contributed by atoms with E-state index in [9.17, 15) is 8.42 Å². The lowest BCUT2D eigenvalue weighted by molar-refractivity contribution is 0.249. The summed E-state index contributed by atoms with van der Waals surface area (Å²) in [6.07, 6.45) is 2.55. The minimum absolute atomic E-state index is 0.0507. The molecule has 1 heterocycles. The quantitative estimate of drug-likeness (QED) is 0.628. The van der Waals surface area contributed by atoms with Gasteiger partial charge in [0.1, 0.15) is 5.76 Å². The lowest BCUT2D eigenvalue weighted by Crippen LogP contribution is -2.30. The largest absolute Gasteiger partial charge is 0.447 e. The Morgan fingerprint density at radius 1 is 1.40 bits per heavy atom. The highest BCUT2D eigenvalue weighted by Crippen LogP contribution is 2.48. The first-order valence-electron chi connectivity index (χ1n) is 6.91. The van der Waals surface area contributed by atoms with Gasteiger partial charge < -0.3 is 14.8 Å². The highest BCUT2D eigenvalue weighted by molar-refractivity contribution is 7.89. The van der Waals surface area contributed by atoms with Crippen molar-refractivity contribution in [3.05, 3.63) is 17.9 Å². The number of aliphatic hydroxyl groups is 1. The van der Waals surface area contributed by atoms with Crippen molar-refractivity contribution < 1.29 is 17.9 Å². The van der Waals surface area contributed by atoms with Crippen LogP contribution < -0.4 is 10.0 Å². The molecule has 0 bridgehead atoms. The standard InChI is InChI=1S/C13H22N2O4S/c1-2-14-9-11-3-4-12(19-11)20(17,18)15-10-13(5-6-13)7-8-16/h3-4,14-16H,2,5-10H2,1H3. The second-order valence-electron chi connectivity index (χ2n) is 5.30. The Balaban J connectivity index is 1.94. The van der Waals surface area contributed by atoms with Crippen molar-refractivity contribution in [2.45, 2.75) is 37.8 Å². The summed E-state index contributed by atoms with van der Waals surface area (Å²) >= 11 is 0. The number of aliphatic hydroxyl groups excluding tert-OH is 1.